The number of methoxy groups -OCH3 is 1. The van der Waals surface area contributed by atoms with Crippen molar-refractivity contribution in [2.24, 2.45) is 0 Å². The van der Waals surface area contributed by atoms with E-state index in [1.807, 2.05) is 20.8 Å². The molecule has 3 rings (SSSR count). The zero-order valence-corrected chi connectivity index (χ0v) is 14.2. The summed E-state index contributed by atoms with van der Waals surface area (Å²) in [5.74, 6) is -1.13. The third-order valence-electron chi connectivity index (χ3n) is 4.41. The molecule has 1 heterocycles. The summed E-state index contributed by atoms with van der Waals surface area (Å²) in [7, 11) is 1.28. The SMILES string of the molecule is CCn1c2c(c(C(=O)OC)c1C(C)C)C(=O)c1ccccc1C2=O. The lowest BCUT2D eigenvalue weighted by atomic mass is 9.86. The minimum atomic E-state index is -0.581. The third kappa shape index (κ3) is 2.04. The number of esters is 1. The van der Waals surface area contributed by atoms with Crippen molar-refractivity contribution in [1.29, 1.82) is 0 Å². The molecule has 0 saturated heterocycles. The van der Waals surface area contributed by atoms with Crippen molar-refractivity contribution in [3.63, 3.8) is 0 Å². The van der Waals surface area contributed by atoms with Crippen LogP contribution in [-0.4, -0.2) is 29.2 Å². The fourth-order valence-electron chi connectivity index (χ4n) is 3.47. The molecule has 1 aromatic carbocycles. The van der Waals surface area contributed by atoms with Crippen LogP contribution in [-0.2, 0) is 11.3 Å². The number of fused-ring (bicyclic) bond motifs is 2. The van der Waals surface area contributed by atoms with E-state index in [-0.39, 0.29) is 28.6 Å². The Morgan fingerprint density at radius 2 is 1.71 bits per heavy atom. The van der Waals surface area contributed by atoms with Gasteiger partial charge in [0.15, 0.2) is 5.78 Å². The van der Waals surface area contributed by atoms with E-state index in [9.17, 15) is 14.4 Å². The van der Waals surface area contributed by atoms with Gasteiger partial charge in [0.2, 0.25) is 5.78 Å². The molecule has 0 saturated carbocycles. The van der Waals surface area contributed by atoms with E-state index in [4.69, 9.17) is 4.74 Å². The second kappa shape index (κ2) is 5.74. The number of benzene rings is 1. The Kier molecular flexibility index (Phi) is 3.87. The van der Waals surface area contributed by atoms with Crippen LogP contribution in [0.5, 0.6) is 0 Å². The molecule has 5 nitrogen and oxygen atoms in total. The first-order valence-electron chi connectivity index (χ1n) is 7.97. The lowest BCUT2D eigenvalue weighted by molar-refractivity contribution is 0.0595. The molecule has 0 radical (unpaired) electrons. The van der Waals surface area contributed by atoms with Gasteiger partial charge in [-0.25, -0.2) is 4.79 Å². The number of aromatic nitrogens is 1. The van der Waals surface area contributed by atoms with Gasteiger partial charge in [-0.15, -0.1) is 0 Å². The zero-order chi connectivity index (χ0) is 17.6. The summed E-state index contributed by atoms with van der Waals surface area (Å²) in [6, 6.07) is 6.72. The van der Waals surface area contributed by atoms with E-state index in [0.717, 1.165) is 0 Å². The molecule has 0 fully saturated rings. The fourth-order valence-corrected chi connectivity index (χ4v) is 3.47. The van der Waals surface area contributed by atoms with Gasteiger partial charge in [-0.2, -0.15) is 0 Å². The maximum absolute atomic E-state index is 13.0. The molecule has 0 unspecified atom stereocenters. The second-order valence-corrected chi connectivity index (χ2v) is 6.08. The van der Waals surface area contributed by atoms with Crippen molar-refractivity contribution in [1.82, 2.24) is 4.57 Å². The molecular weight excluding hydrogens is 306 g/mol. The van der Waals surface area contributed by atoms with Gasteiger partial charge in [-0.05, 0) is 12.8 Å². The summed E-state index contributed by atoms with van der Waals surface area (Å²) in [6.45, 7) is 6.25. The molecule has 2 aromatic rings. The molecule has 1 aliphatic carbocycles. The summed E-state index contributed by atoms with van der Waals surface area (Å²) in [5.41, 5.74) is 2.08. The van der Waals surface area contributed by atoms with Gasteiger partial charge < -0.3 is 9.30 Å². The van der Waals surface area contributed by atoms with Crippen LogP contribution in [0.4, 0.5) is 0 Å². The quantitative estimate of drug-likeness (QED) is 0.694. The van der Waals surface area contributed by atoms with Gasteiger partial charge in [-0.1, -0.05) is 38.1 Å². The van der Waals surface area contributed by atoms with Gasteiger partial charge in [0.1, 0.15) is 5.69 Å². The highest BCUT2D eigenvalue weighted by atomic mass is 16.5. The molecule has 0 spiro atoms. The van der Waals surface area contributed by atoms with Crippen molar-refractivity contribution >= 4 is 17.5 Å². The van der Waals surface area contributed by atoms with Crippen LogP contribution in [0.2, 0.25) is 0 Å². The number of nitrogens with zero attached hydrogens (tertiary/aromatic N) is 1. The first-order valence-corrected chi connectivity index (χ1v) is 7.97. The van der Waals surface area contributed by atoms with Crippen LogP contribution in [0.3, 0.4) is 0 Å². The van der Waals surface area contributed by atoms with Crippen LogP contribution >= 0.6 is 0 Å². The monoisotopic (exact) mass is 325 g/mol. The maximum Gasteiger partial charge on any atom is 0.340 e. The van der Waals surface area contributed by atoms with E-state index in [2.05, 4.69) is 0 Å². The highest BCUT2D eigenvalue weighted by molar-refractivity contribution is 6.30. The lowest BCUT2D eigenvalue weighted by Crippen LogP contribution is -2.23. The normalized spacial score (nSPS) is 13.0. The predicted molar refractivity (Wildman–Crippen MR) is 88.8 cm³/mol. The number of hydrogen-bond donors (Lipinski definition) is 0. The number of ether oxygens (including phenoxy) is 1. The van der Waals surface area contributed by atoms with E-state index in [0.29, 0.717) is 29.1 Å². The molecule has 24 heavy (non-hydrogen) atoms. The highest BCUT2D eigenvalue weighted by Gasteiger charge is 2.40. The van der Waals surface area contributed by atoms with Crippen LogP contribution < -0.4 is 0 Å². The minimum absolute atomic E-state index is 0.0339. The van der Waals surface area contributed by atoms with Crippen molar-refractivity contribution in [2.75, 3.05) is 7.11 Å². The molecule has 0 aliphatic heterocycles. The van der Waals surface area contributed by atoms with Crippen molar-refractivity contribution in [3.05, 3.63) is 57.9 Å². The standard InChI is InChI=1S/C19H19NO4/c1-5-20-15(10(2)3)14(19(23)24-4)13-16(20)18(22)12-9-7-6-8-11(12)17(13)21/h6-10H,5H2,1-4H3. The Labute approximate surface area is 140 Å². The molecule has 1 aliphatic rings. The van der Waals surface area contributed by atoms with Crippen molar-refractivity contribution < 1.29 is 19.1 Å². The minimum Gasteiger partial charge on any atom is -0.465 e. The van der Waals surface area contributed by atoms with Crippen molar-refractivity contribution in [2.45, 2.75) is 33.2 Å². The first kappa shape index (κ1) is 16.2. The summed E-state index contributed by atoms with van der Waals surface area (Å²) < 4.78 is 6.69. The van der Waals surface area contributed by atoms with Crippen LogP contribution in [0.25, 0.3) is 0 Å². The number of ketones is 2. The summed E-state index contributed by atoms with van der Waals surface area (Å²) in [5, 5.41) is 0. The van der Waals surface area contributed by atoms with Crippen LogP contribution in [0, 0.1) is 0 Å². The largest absolute Gasteiger partial charge is 0.465 e. The molecule has 124 valence electrons. The van der Waals surface area contributed by atoms with Gasteiger partial charge >= 0.3 is 5.97 Å². The Bertz CT molecular complexity index is 874. The number of carbonyl (C=O) groups is 3. The number of carbonyl (C=O) groups excluding carboxylic acids is 3. The lowest BCUT2D eigenvalue weighted by Gasteiger charge is -2.17. The molecule has 5 heteroatoms. The molecule has 0 bridgehead atoms. The molecule has 0 N–H and O–H groups in total. The van der Waals surface area contributed by atoms with Gasteiger partial charge in [0, 0.05) is 23.4 Å². The van der Waals surface area contributed by atoms with Crippen molar-refractivity contribution in [3.8, 4) is 0 Å². The van der Waals surface area contributed by atoms with Crippen LogP contribution in [0.1, 0.15) is 74.7 Å². The van der Waals surface area contributed by atoms with Gasteiger partial charge in [0.25, 0.3) is 0 Å². The summed E-state index contributed by atoms with van der Waals surface area (Å²) in [6.07, 6.45) is 0. The Morgan fingerprint density at radius 3 is 2.21 bits per heavy atom. The molecule has 0 atom stereocenters. The Balaban J connectivity index is 2.44. The van der Waals surface area contributed by atoms with E-state index < -0.39 is 5.97 Å². The third-order valence-corrected chi connectivity index (χ3v) is 4.41. The molecule has 0 amide bonds. The fraction of sp³-hybridized carbons (Fsp3) is 0.316. The summed E-state index contributed by atoms with van der Waals surface area (Å²) >= 11 is 0. The number of hydrogen-bond acceptors (Lipinski definition) is 4. The predicted octanol–water partition coefficient (Wildman–Crippen LogP) is 3.19. The first-order chi connectivity index (χ1) is 11.4. The average molecular weight is 325 g/mol. The van der Waals surface area contributed by atoms with E-state index in [1.54, 1.807) is 28.8 Å². The Morgan fingerprint density at radius 1 is 1.12 bits per heavy atom. The Hall–Kier alpha value is -2.69. The average Bonchev–Trinajstić information content (AvgIpc) is 2.94. The van der Waals surface area contributed by atoms with Crippen LogP contribution in [0.15, 0.2) is 24.3 Å². The molecular formula is C19H19NO4. The number of rotatable bonds is 3. The molecule has 1 aromatic heterocycles. The van der Waals surface area contributed by atoms with E-state index >= 15 is 0 Å². The second-order valence-electron chi connectivity index (χ2n) is 6.08. The topological polar surface area (TPSA) is 65.4 Å². The summed E-state index contributed by atoms with van der Waals surface area (Å²) in [4.78, 5) is 38.4. The zero-order valence-electron chi connectivity index (χ0n) is 14.2. The van der Waals surface area contributed by atoms with Gasteiger partial charge in [0.05, 0.1) is 18.2 Å². The smallest absolute Gasteiger partial charge is 0.340 e. The highest BCUT2D eigenvalue weighted by Crippen LogP contribution is 2.36. The maximum atomic E-state index is 13.0. The van der Waals surface area contributed by atoms with E-state index in [1.165, 1.54) is 7.11 Å². The van der Waals surface area contributed by atoms with Gasteiger partial charge in [-0.3, -0.25) is 9.59 Å².